The maximum Gasteiger partial charge on any atom is 0.233 e. The molecule has 7 heteroatoms. The molecule has 1 atom stereocenters. The van der Waals surface area contributed by atoms with Crippen molar-refractivity contribution in [2.75, 3.05) is 12.3 Å². The van der Waals surface area contributed by atoms with Gasteiger partial charge in [-0.1, -0.05) is 23.9 Å². The lowest BCUT2D eigenvalue weighted by atomic mass is 10.0. The van der Waals surface area contributed by atoms with Crippen molar-refractivity contribution in [3.63, 3.8) is 0 Å². The number of hydrogen-bond acceptors (Lipinski definition) is 5. The highest BCUT2D eigenvalue weighted by Crippen LogP contribution is 2.21. The number of aryl methyl sites for hydroxylation is 1. The van der Waals surface area contributed by atoms with Crippen LogP contribution in [-0.4, -0.2) is 43.9 Å². The van der Waals surface area contributed by atoms with E-state index >= 15 is 0 Å². The van der Waals surface area contributed by atoms with Crippen LogP contribution < -0.4 is 4.74 Å². The lowest BCUT2D eigenvalue weighted by molar-refractivity contribution is -0.131. The number of likely N-dealkylation sites (tertiary alicyclic amines) is 1. The number of carbonyl (C=O) groups is 1. The molecule has 2 aromatic rings. The van der Waals surface area contributed by atoms with Crippen LogP contribution in [0.5, 0.6) is 5.75 Å². The number of nitrogens with zero attached hydrogens (tertiary/aromatic N) is 4. The number of rotatable bonds is 6. The fraction of sp³-hybridized carbons (Fsp3) is 0.526. The molecule has 0 spiro atoms. The van der Waals surface area contributed by atoms with Crippen LogP contribution in [0, 0.1) is 6.92 Å². The summed E-state index contributed by atoms with van der Waals surface area (Å²) in [5.74, 6) is 2.14. The second-order valence-corrected chi connectivity index (χ2v) is 7.73. The van der Waals surface area contributed by atoms with Crippen LogP contribution in [0.4, 0.5) is 0 Å². The first-order valence-electron chi connectivity index (χ1n) is 9.04. The fourth-order valence-electron chi connectivity index (χ4n) is 3.13. The Kier molecular flexibility index (Phi) is 6.19. The van der Waals surface area contributed by atoms with Gasteiger partial charge in [-0.2, -0.15) is 0 Å². The summed E-state index contributed by atoms with van der Waals surface area (Å²) in [6.07, 6.45) is 3.41. The first-order valence-corrected chi connectivity index (χ1v) is 10.0. The molecule has 1 aliphatic heterocycles. The van der Waals surface area contributed by atoms with Gasteiger partial charge in [-0.05, 0) is 50.8 Å². The highest BCUT2D eigenvalue weighted by molar-refractivity contribution is 7.99. The van der Waals surface area contributed by atoms with E-state index in [0.29, 0.717) is 18.4 Å². The molecule has 0 aliphatic carbocycles. The number of benzene rings is 1. The van der Waals surface area contributed by atoms with Gasteiger partial charge >= 0.3 is 0 Å². The second-order valence-electron chi connectivity index (χ2n) is 6.78. The molecule has 0 bridgehead atoms. The summed E-state index contributed by atoms with van der Waals surface area (Å²) < 4.78 is 7.69. The molecule has 140 valence electrons. The Bertz CT molecular complexity index is 762. The van der Waals surface area contributed by atoms with E-state index in [1.54, 1.807) is 0 Å². The van der Waals surface area contributed by atoms with Crippen molar-refractivity contribution < 1.29 is 9.53 Å². The van der Waals surface area contributed by atoms with Gasteiger partial charge in [-0.15, -0.1) is 10.2 Å². The highest BCUT2D eigenvalue weighted by atomic mass is 32.2. The topological polar surface area (TPSA) is 60.3 Å². The summed E-state index contributed by atoms with van der Waals surface area (Å²) in [5, 5.41) is 9.15. The van der Waals surface area contributed by atoms with E-state index in [4.69, 9.17) is 4.74 Å². The number of ether oxygens (including phenoxy) is 1. The lowest BCUT2D eigenvalue weighted by Gasteiger charge is -2.33. The van der Waals surface area contributed by atoms with Gasteiger partial charge in [0.25, 0.3) is 0 Å². The molecule has 1 amide bonds. The minimum absolute atomic E-state index is 0.183. The molecule has 0 radical (unpaired) electrons. The van der Waals surface area contributed by atoms with Crippen molar-refractivity contribution >= 4 is 17.7 Å². The van der Waals surface area contributed by atoms with Crippen molar-refractivity contribution in [3.05, 3.63) is 35.7 Å². The third-order valence-electron chi connectivity index (χ3n) is 4.73. The maximum atomic E-state index is 12.5. The van der Waals surface area contributed by atoms with Gasteiger partial charge in [0.1, 0.15) is 12.4 Å². The molecule has 26 heavy (non-hydrogen) atoms. The Balaban J connectivity index is 1.54. The van der Waals surface area contributed by atoms with Gasteiger partial charge in [0, 0.05) is 19.6 Å². The minimum Gasteiger partial charge on any atom is -0.486 e. The predicted molar refractivity (Wildman–Crippen MR) is 102 cm³/mol. The molecule has 1 saturated heterocycles. The van der Waals surface area contributed by atoms with Crippen molar-refractivity contribution in [1.82, 2.24) is 19.7 Å². The van der Waals surface area contributed by atoms with Gasteiger partial charge in [0.15, 0.2) is 11.0 Å². The largest absolute Gasteiger partial charge is 0.486 e. The molecule has 3 rings (SSSR count). The Hall–Kier alpha value is -2.02. The Labute approximate surface area is 158 Å². The van der Waals surface area contributed by atoms with Crippen LogP contribution >= 0.6 is 11.8 Å². The third-order valence-corrected chi connectivity index (χ3v) is 5.74. The highest BCUT2D eigenvalue weighted by Gasteiger charge is 2.23. The number of aromatic nitrogens is 3. The van der Waals surface area contributed by atoms with E-state index in [9.17, 15) is 4.79 Å². The number of piperidine rings is 1. The average Bonchev–Trinajstić information content (AvgIpc) is 2.98. The van der Waals surface area contributed by atoms with Gasteiger partial charge in [-0.3, -0.25) is 4.79 Å². The second kappa shape index (κ2) is 8.58. The summed E-state index contributed by atoms with van der Waals surface area (Å²) in [6, 6.07) is 8.26. The fourth-order valence-corrected chi connectivity index (χ4v) is 3.94. The van der Waals surface area contributed by atoms with E-state index in [1.807, 2.05) is 47.7 Å². The van der Waals surface area contributed by atoms with E-state index in [2.05, 4.69) is 17.1 Å². The first-order chi connectivity index (χ1) is 12.5. The molecular formula is C19H26N4O2S. The van der Waals surface area contributed by atoms with Crippen molar-refractivity contribution in [3.8, 4) is 5.75 Å². The van der Waals surface area contributed by atoms with Gasteiger partial charge < -0.3 is 14.2 Å². The predicted octanol–water partition coefficient (Wildman–Crippen LogP) is 3.20. The first kappa shape index (κ1) is 18.8. The summed E-state index contributed by atoms with van der Waals surface area (Å²) in [7, 11) is 1.91. The number of carbonyl (C=O) groups excluding carboxylic acids is 1. The molecule has 0 saturated carbocycles. The zero-order valence-electron chi connectivity index (χ0n) is 15.6. The van der Waals surface area contributed by atoms with E-state index in [1.165, 1.54) is 18.2 Å². The Morgan fingerprint density at radius 2 is 2.19 bits per heavy atom. The smallest absolute Gasteiger partial charge is 0.233 e. The Morgan fingerprint density at radius 3 is 2.96 bits per heavy atom. The molecule has 1 aromatic heterocycles. The van der Waals surface area contributed by atoms with Crippen LogP contribution in [-0.2, 0) is 18.4 Å². The van der Waals surface area contributed by atoms with Gasteiger partial charge in [-0.25, -0.2) is 0 Å². The van der Waals surface area contributed by atoms with E-state index in [-0.39, 0.29) is 5.91 Å². The van der Waals surface area contributed by atoms with Crippen LogP contribution in [0.3, 0.4) is 0 Å². The summed E-state index contributed by atoms with van der Waals surface area (Å²) in [6.45, 7) is 5.38. The molecule has 1 aliphatic rings. The molecule has 1 fully saturated rings. The van der Waals surface area contributed by atoms with Crippen LogP contribution in [0.1, 0.15) is 37.6 Å². The maximum absolute atomic E-state index is 12.5. The number of thioether (sulfide) groups is 1. The van der Waals surface area contributed by atoms with Gasteiger partial charge in [0.05, 0.1) is 5.75 Å². The van der Waals surface area contributed by atoms with Crippen molar-refractivity contribution in [2.24, 2.45) is 7.05 Å². The van der Waals surface area contributed by atoms with Crippen molar-refractivity contribution in [2.45, 2.75) is 50.9 Å². The van der Waals surface area contributed by atoms with Crippen LogP contribution in [0.25, 0.3) is 0 Å². The van der Waals surface area contributed by atoms with Crippen molar-refractivity contribution in [1.29, 1.82) is 0 Å². The minimum atomic E-state index is 0.183. The zero-order chi connectivity index (χ0) is 18.5. The normalized spacial score (nSPS) is 17.3. The average molecular weight is 375 g/mol. The van der Waals surface area contributed by atoms with Crippen LogP contribution in [0.15, 0.2) is 29.4 Å². The molecule has 6 nitrogen and oxygen atoms in total. The SMILES string of the molecule is Cc1cccc(OCc2nnc(SCC(=O)N3CCCC[C@@H]3C)n2C)c1. The molecule has 2 heterocycles. The van der Waals surface area contributed by atoms with Gasteiger partial charge in [0.2, 0.25) is 5.91 Å². The number of amides is 1. The summed E-state index contributed by atoms with van der Waals surface area (Å²) in [5.41, 5.74) is 1.15. The lowest BCUT2D eigenvalue weighted by Crippen LogP contribution is -2.42. The standard InChI is InChI=1S/C19H26N4O2S/c1-14-7-6-9-16(11-14)25-12-17-20-21-19(22(17)3)26-13-18(24)23-10-5-4-8-15(23)2/h6-7,9,11,15H,4-5,8,10,12-13H2,1-3H3/t15-/m0/s1. The molecular weight excluding hydrogens is 348 g/mol. The molecule has 1 aromatic carbocycles. The quantitative estimate of drug-likeness (QED) is 0.727. The zero-order valence-corrected chi connectivity index (χ0v) is 16.5. The van der Waals surface area contributed by atoms with Crippen LogP contribution in [0.2, 0.25) is 0 Å². The summed E-state index contributed by atoms with van der Waals surface area (Å²) in [4.78, 5) is 14.5. The Morgan fingerprint density at radius 1 is 1.35 bits per heavy atom. The number of hydrogen-bond donors (Lipinski definition) is 0. The third kappa shape index (κ3) is 4.58. The van der Waals surface area contributed by atoms with E-state index < -0.39 is 0 Å². The van der Waals surface area contributed by atoms with E-state index in [0.717, 1.165) is 41.7 Å². The summed E-state index contributed by atoms with van der Waals surface area (Å²) >= 11 is 1.44. The molecule has 0 unspecified atom stereocenters. The molecule has 0 N–H and O–H groups in total. The monoisotopic (exact) mass is 374 g/mol.